The second-order valence-electron chi connectivity index (χ2n) is 6.18. The number of hydrogen-bond acceptors (Lipinski definition) is 4. The lowest BCUT2D eigenvalue weighted by Crippen LogP contribution is -2.32. The normalized spacial score (nSPS) is 10.8. The number of methoxy groups -OCH3 is 1. The third-order valence-corrected chi connectivity index (χ3v) is 3.79. The number of ether oxygens (including phenoxy) is 1. The number of hydrogen-bond donors (Lipinski definition) is 2. The molecule has 6 nitrogen and oxygen atoms in total. The molecule has 2 amide bonds. The van der Waals surface area contributed by atoms with Gasteiger partial charge in [-0.3, -0.25) is 9.59 Å². The van der Waals surface area contributed by atoms with Crippen LogP contribution in [0.15, 0.2) is 47.6 Å². The maximum absolute atomic E-state index is 12.0. The third-order valence-electron chi connectivity index (χ3n) is 3.79. The van der Waals surface area contributed by atoms with E-state index in [0.29, 0.717) is 17.4 Å². The molecule has 0 aliphatic heterocycles. The largest absolute Gasteiger partial charge is 0.495 e. The zero-order valence-corrected chi connectivity index (χ0v) is 15.4. The van der Waals surface area contributed by atoms with E-state index in [1.54, 1.807) is 12.1 Å². The Morgan fingerprint density at radius 1 is 1.08 bits per heavy atom. The first kappa shape index (κ1) is 19.2. The number of nitrogens with zero attached hydrogens (tertiary/aromatic N) is 1. The minimum Gasteiger partial charge on any atom is -0.495 e. The molecule has 0 radical (unpaired) electrons. The summed E-state index contributed by atoms with van der Waals surface area (Å²) in [5.41, 5.74) is 5.63. The first-order valence-corrected chi connectivity index (χ1v) is 8.29. The number of nitrogens with one attached hydrogen (secondary N) is 2. The summed E-state index contributed by atoms with van der Waals surface area (Å²) < 4.78 is 5.17. The maximum atomic E-state index is 12.0. The molecule has 2 aromatic carbocycles. The minimum absolute atomic E-state index is 0.431. The molecule has 6 heteroatoms. The summed E-state index contributed by atoms with van der Waals surface area (Å²) in [6, 6.07) is 13.1. The fourth-order valence-corrected chi connectivity index (χ4v) is 2.28. The van der Waals surface area contributed by atoms with Crippen molar-refractivity contribution in [2.24, 2.45) is 5.10 Å². The number of anilines is 1. The predicted octanol–water partition coefficient (Wildman–Crippen LogP) is 3.22. The van der Waals surface area contributed by atoms with Gasteiger partial charge in [0.25, 0.3) is 0 Å². The highest BCUT2D eigenvalue weighted by molar-refractivity contribution is 6.39. The van der Waals surface area contributed by atoms with Crippen LogP contribution in [0.25, 0.3) is 0 Å². The van der Waals surface area contributed by atoms with Crippen LogP contribution in [-0.2, 0) is 9.59 Å². The van der Waals surface area contributed by atoms with Crippen LogP contribution < -0.4 is 15.5 Å². The second-order valence-corrected chi connectivity index (χ2v) is 6.18. The molecule has 0 aromatic heterocycles. The molecular weight excluding hydrogens is 330 g/mol. The number of benzene rings is 2. The minimum atomic E-state index is -0.858. The predicted molar refractivity (Wildman–Crippen MR) is 103 cm³/mol. The van der Waals surface area contributed by atoms with Crippen LogP contribution in [0.2, 0.25) is 0 Å². The number of hydrazone groups is 1. The quantitative estimate of drug-likeness (QED) is 0.492. The molecule has 0 spiro atoms. The van der Waals surface area contributed by atoms with Crippen LogP contribution in [0.3, 0.4) is 0 Å². The van der Waals surface area contributed by atoms with E-state index in [1.165, 1.54) is 18.9 Å². The van der Waals surface area contributed by atoms with Crippen molar-refractivity contribution in [3.63, 3.8) is 0 Å². The standard InChI is InChI=1S/C20H23N3O3/c1-13(2)16-8-6-15(7-9-16)12-21-23-20(25)19(24)22-17-11-14(3)5-10-18(17)26-4/h5-13H,1-4H3,(H,22,24)(H,23,25)/b21-12-. The van der Waals surface area contributed by atoms with Gasteiger partial charge in [0.2, 0.25) is 0 Å². The van der Waals surface area contributed by atoms with Crippen LogP contribution in [0.1, 0.15) is 36.5 Å². The van der Waals surface area contributed by atoms with Gasteiger partial charge in [-0.25, -0.2) is 5.43 Å². The van der Waals surface area contributed by atoms with E-state index in [9.17, 15) is 9.59 Å². The van der Waals surface area contributed by atoms with Crippen molar-refractivity contribution in [3.05, 3.63) is 59.2 Å². The van der Waals surface area contributed by atoms with Crippen molar-refractivity contribution in [1.29, 1.82) is 0 Å². The summed E-state index contributed by atoms with van der Waals surface area (Å²) in [4.78, 5) is 23.9. The fraction of sp³-hybridized carbons (Fsp3) is 0.250. The van der Waals surface area contributed by atoms with Crippen molar-refractivity contribution in [1.82, 2.24) is 5.43 Å². The van der Waals surface area contributed by atoms with Crippen molar-refractivity contribution in [2.45, 2.75) is 26.7 Å². The third kappa shape index (κ3) is 5.17. The average Bonchev–Trinajstić information content (AvgIpc) is 2.62. The van der Waals surface area contributed by atoms with Gasteiger partial charge in [0.05, 0.1) is 19.0 Å². The number of amides is 2. The van der Waals surface area contributed by atoms with Crippen LogP contribution in [-0.4, -0.2) is 25.1 Å². The molecule has 2 aromatic rings. The first-order valence-electron chi connectivity index (χ1n) is 8.29. The summed E-state index contributed by atoms with van der Waals surface area (Å²) in [5.74, 6) is -0.752. The fourth-order valence-electron chi connectivity index (χ4n) is 2.28. The molecule has 0 atom stereocenters. The van der Waals surface area contributed by atoms with Crippen LogP contribution in [0.5, 0.6) is 5.75 Å². The molecule has 0 bridgehead atoms. The average molecular weight is 353 g/mol. The number of carbonyl (C=O) groups is 2. The molecule has 2 rings (SSSR count). The number of carbonyl (C=O) groups excluding carboxylic acids is 2. The summed E-state index contributed by atoms with van der Waals surface area (Å²) in [6.45, 7) is 6.11. The molecule has 0 saturated carbocycles. The molecule has 26 heavy (non-hydrogen) atoms. The van der Waals surface area contributed by atoms with Crippen LogP contribution in [0.4, 0.5) is 5.69 Å². The van der Waals surface area contributed by atoms with Gasteiger partial charge in [-0.1, -0.05) is 44.2 Å². The summed E-state index contributed by atoms with van der Waals surface area (Å²) >= 11 is 0. The van der Waals surface area contributed by atoms with E-state index in [4.69, 9.17) is 4.74 Å². The van der Waals surface area contributed by atoms with Gasteiger partial charge in [0.15, 0.2) is 0 Å². The number of aryl methyl sites for hydroxylation is 1. The topological polar surface area (TPSA) is 79.8 Å². The molecule has 2 N–H and O–H groups in total. The zero-order valence-electron chi connectivity index (χ0n) is 15.4. The summed E-state index contributed by atoms with van der Waals surface area (Å²) in [5, 5.41) is 6.34. The lowest BCUT2D eigenvalue weighted by molar-refractivity contribution is -0.136. The lowest BCUT2D eigenvalue weighted by atomic mass is 10.0. The number of rotatable bonds is 5. The monoisotopic (exact) mass is 353 g/mol. The Morgan fingerprint density at radius 3 is 2.38 bits per heavy atom. The maximum Gasteiger partial charge on any atom is 0.329 e. The Balaban J connectivity index is 1.95. The first-order chi connectivity index (χ1) is 12.4. The SMILES string of the molecule is COc1ccc(C)cc1NC(=O)C(=O)N/N=C\c1ccc(C(C)C)cc1. The Hall–Kier alpha value is -3.15. The van der Waals surface area contributed by atoms with Gasteiger partial charge >= 0.3 is 11.8 Å². The Bertz CT molecular complexity index is 812. The molecular formula is C20H23N3O3. The Labute approximate surface area is 153 Å². The van der Waals surface area contributed by atoms with E-state index >= 15 is 0 Å². The Kier molecular flexibility index (Phi) is 6.49. The van der Waals surface area contributed by atoms with Crippen molar-refractivity contribution >= 4 is 23.7 Å². The van der Waals surface area contributed by atoms with Gasteiger partial charge in [-0.2, -0.15) is 5.10 Å². The van der Waals surface area contributed by atoms with Crippen molar-refractivity contribution in [3.8, 4) is 5.75 Å². The Morgan fingerprint density at radius 2 is 1.77 bits per heavy atom. The molecule has 0 fully saturated rings. The molecule has 0 aliphatic carbocycles. The van der Waals surface area contributed by atoms with E-state index < -0.39 is 11.8 Å². The highest BCUT2D eigenvalue weighted by Gasteiger charge is 2.15. The molecule has 0 unspecified atom stereocenters. The van der Waals surface area contributed by atoms with E-state index in [-0.39, 0.29) is 0 Å². The van der Waals surface area contributed by atoms with Gasteiger partial charge < -0.3 is 10.1 Å². The van der Waals surface area contributed by atoms with Gasteiger partial charge in [-0.05, 0) is 41.7 Å². The van der Waals surface area contributed by atoms with E-state index in [2.05, 4.69) is 29.7 Å². The van der Waals surface area contributed by atoms with Crippen molar-refractivity contribution in [2.75, 3.05) is 12.4 Å². The molecule has 136 valence electrons. The zero-order chi connectivity index (χ0) is 19.1. The van der Waals surface area contributed by atoms with E-state index in [0.717, 1.165) is 11.1 Å². The van der Waals surface area contributed by atoms with Crippen LogP contribution in [0, 0.1) is 6.92 Å². The van der Waals surface area contributed by atoms with Crippen molar-refractivity contribution < 1.29 is 14.3 Å². The molecule has 0 aliphatic rings. The highest BCUT2D eigenvalue weighted by Crippen LogP contribution is 2.25. The lowest BCUT2D eigenvalue weighted by Gasteiger charge is -2.10. The summed E-state index contributed by atoms with van der Waals surface area (Å²) in [6.07, 6.45) is 1.49. The highest BCUT2D eigenvalue weighted by atomic mass is 16.5. The molecule has 0 saturated heterocycles. The smallest absolute Gasteiger partial charge is 0.329 e. The van der Waals surface area contributed by atoms with Gasteiger partial charge in [-0.15, -0.1) is 0 Å². The molecule has 0 heterocycles. The van der Waals surface area contributed by atoms with Gasteiger partial charge in [0.1, 0.15) is 5.75 Å². The second kappa shape index (κ2) is 8.80. The van der Waals surface area contributed by atoms with Gasteiger partial charge in [0, 0.05) is 0 Å². The summed E-state index contributed by atoms with van der Waals surface area (Å²) in [7, 11) is 1.50. The van der Waals surface area contributed by atoms with E-state index in [1.807, 2.05) is 37.3 Å². The van der Waals surface area contributed by atoms with Crippen LogP contribution >= 0.6 is 0 Å².